The average Bonchev–Trinajstić information content (AvgIpc) is 1.23. The zero-order chi connectivity index (χ0) is 62.3. The van der Waals surface area contributed by atoms with Crippen LogP contribution in [0.15, 0.2) is 243 Å². The third-order valence-electron chi connectivity index (χ3n) is 15.9. The fraction of sp³-hybridized carbons (Fsp3) is 0.0667. The predicted octanol–water partition coefficient (Wildman–Crippen LogP) is 16.4. The van der Waals surface area contributed by atoms with Crippen molar-refractivity contribution >= 4 is 56.9 Å². The lowest BCUT2D eigenvalue weighted by Crippen LogP contribution is -2.10. The van der Waals surface area contributed by atoms with Crippen LogP contribution in [0, 0.1) is 45.3 Å². The number of anilines is 10. The molecule has 2 heterocycles. The Kier molecular flexibility index (Phi) is 16.3. The Balaban J connectivity index is 0.826. The van der Waals surface area contributed by atoms with Crippen molar-refractivity contribution in [2.24, 2.45) is 0 Å². The van der Waals surface area contributed by atoms with Gasteiger partial charge in [-0.3, -0.25) is 0 Å². The van der Waals surface area contributed by atoms with Crippen LogP contribution < -0.4 is 24.5 Å². The van der Waals surface area contributed by atoms with E-state index in [2.05, 4.69) is 73.0 Å². The Morgan fingerprint density at radius 1 is 0.189 bits per heavy atom. The van der Waals surface area contributed by atoms with Gasteiger partial charge in [0, 0.05) is 125 Å². The Hall–Kier alpha value is -12.8. The summed E-state index contributed by atoms with van der Waals surface area (Å²) in [4.78, 5) is 40.8. The minimum atomic E-state index is 0.514. The van der Waals surface area contributed by atoms with Gasteiger partial charge in [0.15, 0.2) is 34.9 Å². The lowest BCUT2D eigenvalue weighted by atomic mass is 10.1. The highest BCUT2D eigenvalue weighted by Gasteiger charge is 2.18. The first kappa shape index (κ1) is 57.6. The zero-order valence-corrected chi connectivity index (χ0v) is 49.8. The average molecular weight is 1170 g/mol. The molecule has 0 aliphatic rings. The molecule has 0 radical (unpaired) electrons. The molecule has 0 unspecified atom stereocenters. The third-order valence-corrected chi connectivity index (χ3v) is 15.9. The monoisotopic (exact) mass is 1170 g/mol. The Labute approximate surface area is 522 Å². The van der Waals surface area contributed by atoms with Crippen molar-refractivity contribution in [3.8, 4) is 92.6 Å². The van der Waals surface area contributed by atoms with Gasteiger partial charge in [0.2, 0.25) is 0 Å². The van der Waals surface area contributed by atoms with E-state index in [0.717, 1.165) is 90.3 Å². The molecular weight excluding hydrogens is 1110 g/mol. The van der Waals surface area contributed by atoms with Crippen LogP contribution >= 0.6 is 0 Å². The summed E-state index contributed by atoms with van der Waals surface area (Å²) in [5, 5.41) is 37.4. The maximum atomic E-state index is 9.35. The molecule has 0 N–H and O–H groups in total. The van der Waals surface area contributed by atoms with Gasteiger partial charge in [0.1, 0.15) is 0 Å². The first-order chi connectivity index (χ1) is 43.9. The maximum Gasteiger partial charge on any atom is 0.164 e. The maximum absolute atomic E-state index is 9.35. The van der Waals surface area contributed by atoms with Crippen molar-refractivity contribution in [3.63, 3.8) is 0 Å². The van der Waals surface area contributed by atoms with Crippen LogP contribution in [-0.2, 0) is 0 Å². The topological polar surface area (TPSA) is 189 Å². The molecule has 0 spiro atoms. The molecule has 90 heavy (non-hydrogen) atoms. The zero-order valence-electron chi connectivity index (χ0n) is 49.8. The first-order valence-corrected chi connectivity index (χ1v) is 28.8. The second-order valence-electron chi connectivity index (χ2n) is 21.3. The summed E-state index contributed by atoms with van der Waals surface area (Å²) in [5.41, 5.74) is 16.8. The summed E-state index contributed by atoms with van der Waals surface area (Å²) in [7, 11) is 9.98. The number of rotatable bonds is 16. The molecule has 0 aliphatic carbocycles. The summed E-state index contributed by atoms with van der Waals surface area (Å²) in [6.07, 6.45) is 0. The highest BCUT2D eigenvalue weighted by Crippen LogP contribution is 2.35. The second-order valence-corrected chi connectivity index (χ2v) is 21.3. The molecule has 15 nitrogen and oxygen atoms in total. The van der Waals surface area contributed by atoms with Gasteiger partial charge in [0.05, 0.1) is 46.5 Å². The molecule has 15 heteroatoms. The fourth-order valence-corrected chi connectivity index (χ4v) is 10.3. The lowest BCUT2D eigenvalue weighted by Gasteiger charge is -2.21. The third kappa shape index (κ3) is 12.3. The predicted molar refractivity (Wildman–Crippen MR) is 357 cm³/mol. The van der Waals surface area contributed by atoms with Gasteiger partial charge in [-0.15, -0.1) is 0 Å². The van der Waals surface area contributed by atoms with Crippen LogP contribution in [-0.4, -0.2) is 65.1 Å². The summed E-state index contributed by atoms with van der Waals surface area (Å²) >= 11 is 0. The number of hydrogen-bond acceptors (Lipinski definition) is 15. The number of benzene rings is 10. The number of nitriles is 4. The molecule has 0 aliphatic heterocycles. The number of hydrogen-bond donors (Lipinski definition) is 0. The Morgan fingerprint density at radius 2 is 0.300 bits per heavy atom. The SMILES string of the molecule is CN(c1ccc(C#N)cc1)c1ccc(-c2nc(-c3ccc(N(C)c4ccc(C#N)cc4)cc3)nc(-c3ccc(N(C)c4ccc(-c5nc(-c6ccc(N(C)c7ccc(C#N)cc7)cc6)nc(-c6ccc(N(C)c7ccc(C#N)cc7)cc6)n5)cc4)cc3)n2)cc1. The fourth-order valence-electron chi connectivity index (χ4n) is 10.3. The molecule has 0 bridgehead atoms. The van der Waals surface area contributed by atoms with E-state index in [1.54, 1.807) is 0 Å². The van der Waals surface area contributed by atoms with Gasteiger partial charge in [0.25, 0.3) is 0 Å². The molecule has 430 valence electrons. The van der Waals surface area contributed by atoms with Crippen molar-refractivity contribution < 1.29 is 0 Å². The van der Waals surface area contributed by atoms with Crippen LogP contribution in [0.2, 0.25) is 0 Å². The standard InChI is InChI=1S/C75H55N15/c1-86(60-26-6-50(46-76)7-27-60)64-34-14-54(15-35-64)70-80-71(55-16-36-65(37-17-55)87(2)61-28-8-51(47-77)9-29-61)83-74(82-70)58-22-42-68(43-23-58)90(5)69-44-24-59(25-45-69)75-84-72(56-18-38-66(39-19-56)88(3)62-30-10-52(48-78)11-31-62)81-73(85-75)57-20-40-67(41-21-57)89(4)63-32-12-53(49-79)13-33-63/h6-45H,1-5H3. The molecule has 12 aromatic rings. The molecule has 0 amide bonds. The quantitative estimate of drug-likeness (QED) is 0.0888. The van der Waals surface area contributed by atoms with Crippen molar-refractivity contribution in [1.82, 2.24) is 29.9 Å². The molecule has 0 saturated carbocycles. The van der Waals surface area contributed by atoms with Gasteiger partial charge in [-0.25, -0.2) is 29.9 Å². The van der Waals surface area contributed by atoms with Crippen molar-refractivity contribution in [3.05, 3.63) is 265 Å². The van der Waals surface area contributed by atoms with Crippen LogP contribution in [0.25, 0.3) is 68.3 Å². The second kappa shape index (κ2) is 25.4. The molecule has 0 saturated heterocycles. The summed E-state index contributed by atoms with van der Waals surface area (Å²) in [6.45, 7) is 0. The van der Waals surface area contributed by atoms with Crippen LogP contribution in [0.3, 0.4) is 0 Å². The summed E-state index contributed by atoms with van der Waals surface area (Å²) in [5.74, 6) is 3.10. The minimum absolute atomic E-state index is 0.514. The minimum Gasteiger partial charge on any atom is -0.345 e. The van der Waals surface area contributed by atoms with E-state index in [9.17, 15) is 21.0 Å². The van der Waals surface area contributed by atoms with E-state index in [-0.39, 0.29) is 0 Å². The molecule has 0 atom stereocenters. The molecular formula is C75H55N15. The molecule has 10 aromatic carbocycles. The van der Waals surface area contributed by atoms with Gasteiger partial charge in [-0.1, -0.05) is 0 Å². The Morgan fingerprint density at radius 3 is 0.411 bits per heavy atom. The van der Waals surface area contributed by atoms with Crippen molar-refractivity contribution in [1.29, 1.82) is 21.0 Å². The summed E-state index contributed by atoms with van der Waals surface area (Å²) < 4.78 is 0. The van der Waals surface area contributed by atoms with Crippen LogP contribution in [0.5, 0.6) is 0 Å². The highest BCUT2D eigenvalue weighted by molar-refractivity contribution is 5.76. The van der Waals surface area contributed by atoms with Gasteiger partial charge in [-0.2, -0.15) is 21.0 Å². The van der Waals surface area contributed by atoms with E-state index in [0.29, 0.717) is 57.2 Å². The molecule has 2 aromatic heterocycles. The molecule has 12 rings (SSSR count). The van der Waals surface area contributed by atoms with Crippen LogP contribution in [0.1, 0.15) is 22.3 Å². The normalized spacial score (nSPS) is 10.7. The first-order valence-electron chi connectivity index (χ1n) is 28.8. The highest BCUT2D eigenvalue weighted by atomic mass is 15.1. The summed E-state index contributed by atoms with van der Waals surface area (Å²) in [6, 6.07) is 87.3. The lowest BCUT2D eigenvalue weighted by molar-refractivity contribution is 1.07. The largest absolute Gasteiger partial charge is 0.345 e. The van der Waals surface area contributed by atoms with E-state index in [1.807, 2.05) is 254 Å². The van der Waals surface area contributed by atoms with E-state index < -0.39 is 0 Å². The van der Waals surface area contributed by atoms with E-state index >= 15 is 0 Å². The number of aromatic nitrogens is 6. The van der Waals surface area contributed by atoms with Gasteiger partial charge < -0.3 is 24.5 Å². The van der Waals surface area contributed by atoms with Crippen molar-refractivity contribution in [2.45, 2.75) is 0 Å². The van der Waals surface area contributed by atoms with E-state index in [4.69, 9.17) is 29.9 Å². The molecule has 0 fully saturated rings. The number of nitrogens with zero attached hydrogens (tertiary/aromatic N) is 15. The van der Waals surface area contributed by atoms with E-state index in [1.165, 1.54) is 0 Å². The van der Waals surface area contributed by atoms with Crippen LogP contribution in [0.4, 0.5) is 56.9 Å². The van der Waals surface area contributed by atoms with Crippen molar-refractivity contribution in [2.75, 3.05) is 59.7 Å². The Bertz CT molecular complexity index is 4150. The smallest absolute Gasteiger partial charge is 0.164 e. The van der Waals surface area contributed by atoms with Gasteiger partial charge >= 0.3 is 0 Å². The van der Waals surface area contributed by atoms with Gasteiger partial charge in [-0.05, 0) is 243 Å².